The molecule has 0 saturated carbocycles. The molecular formula is C33H61F. The molecule has 0 aromatic rings. The molecule has 0 fully saturated rings. The van der Waals surface area contributed by atoms with Gasteiger partial charge < -0.3 is 0 Å². The largest absolute Gasteiger partial charge is 0.207 e. The molecule has 0 amide bonds. The Morgan fingerprint density at radius 1 is 0.618 bits per heavy atom. The molecule has 0 aliphatic heterocycles. The van der Waals surface area contributed by atoms with Gasteiger partial charge in [0.05, 0.1) is 0 Å². The molecule has 0 aromatic carbocycles. The van der Waals surface area contributed by atoms with Crippen molar-refractivity contribution >= 4 is 0 Å². The Kier molecular flexibility index (Phi) is 17.1. The van der Waals surface area contributed by atoms with Crippen LogP contribution in [-0.2, 0) is 0 Å². The minimum atomic E-state index is -0.167. The predicted octanol–water partition coefficient (Wildman–Crippen LogP) is 11.6. The normalized spacial score (nSPS) is 18.8. The highest BCUT2D eigenvalue weighted by atomic mass is 19.1. The van der Waals surface area contributed by atoms with Gasteiger partial charge in [0, 0.05) is 0 Å². The summed E-state index contributed by atoms with van der Waals surface area (Å²) in [7, 11) is 0. The maximum absolute atomic E-state index is 15.0. The van der Waals surface area contributed by atoms with Gasteiger partial charge in [-0.25, -0.2) is 4.39 Å². The average Bonchev–Trinajstić information content (AvgIpc) is 2.80. The first-order chi connectivity index (χ1) is 15.8. The predicted molar refractivity (Wildman–Crippen MR) is 154 cm³/mol. The van der Waals surface area contributed by atoms with Gasteiger partial charge in [-0.2, -0.15) is 0 Å². The molecule has 0 heterocycles. The summed E-state index contributed by atoms with van der Waals surface area (Å²) in [4.78, 5) is 0. The van der Waals surface area contributed by atoms with Crippen molar-refractivity contribution in [1.82, 2.24) is 0 Å². The van der Waals surface area contributed by atoms with Crippen LogP contribution in [0.2, 0.25) is 0 Å². The van der Waals surface area contributed by atoms with E-state index in [2.05, 4.69) is 82.4 Å². The van der Waals surface area contributed by atoms with Gasteiger partial charge in [0.2, 0.25) is 0 Å². The van der Waals surface area contributed by atoms with Crippen molar-refractivity contribution < 1.29 is 4.39 Å². The van der Waals surface area contributed by atoms with E-state index >= 15 is 0 Å². The summed E-state index contributed by atoms with van der Waals surface area (Å²) in [5.41, 5.74) is 1.54. The van der Waals surface area contributed by atoms with E-state index in [1.54, 1.807) is 6.08 Å². The highest BCUT2D eigenvalue weighted by Crippen LogP contribution is 2.31. The van der Waals surface area contributed by atoms with Crippen molar-refractivity contribution in [3.05, 3.63) is 36.2 Å². The van der Waals surface area contributed by atoms with Gasteiger partial charge in [0.1, 0.15) is 5.83 Å². The first-order valence-electron chi connectivity index (χ1n) is 14.5. The number of hydrogen-bond acceptors (Lipinski definition) is 0. The first-order valence-corrected chi connectivity index (χ1v) is 14.5. The van der Waals surface area contributed by atoms with Crippen molar-refractivity contribution in [2.75, 3.05) is 0 Å². The van der Waals surface area contributed by atoms with Gasteiger partial charge in [-0.15, -0.1) is 0 Å². The molecule has 200 valence electrons. The highest BCUT2D eigenvalue weighted by molar-refractivity contribution is 5.32. The van der Waals surface area contributed by atoms with Crippen LogP contribution in [0.25, 0.3) is 0 Å². The van der Waals surface area contributed by atoms with Gasteiger partial charge >= 0.3 is 0 Å². The monoisotopic (exact) mass is 476 g/mol. The fraction of sp³-hybridized carbons (Fsp3) is 0.818. The van der Waals surface area contributed by atoms with E-state index in [0.29, 0.717) is 23.3 Å². The van der Waals surface area contributed by atoms with Crippen LogP contribution >= 0.6 is 0 Å². The van der Waals surface area contributed by atoms with Gasteiger partial charge in [-0.05, 0) is 90.2 Å². The molecule has 34 heavy (non-hydrogen) atoms. The van der Waals surface area contributed by atoms with E-state index in [-0.39, 0.29) is 11.7 Å². The van der Waals surface area contributed by atoms with Crippen LogP contribution in [0.4, 0.5) is 4.39 Å². The quantitative estimate of drug-likeness (QED) is 0.163. The second-order valence-electron chi connectivity index (χ2n) is 12.5. The van der Waals surface area contributed by atoms with E-state index in [1.807, 2.05) is 0 Å². The fourth-order valence-corrected chi connectivity index (χ4v) is 4.50. The average molecular weight is 477 g/mol. The number of hydrogen-bond donors (Lipinski definition) is 0. The molecule has 0 aliphatic rings. The Hall–Kier alpha value is -0.850. The van der Waals surface area contributed by atoms with Gasteiger partial charge in [0.25, 0.3) is 0 Å². The van der Waals surface area contributed by atoms with Crippen molar-refractivity contribution in [2.24, 2.45) is 47.3 Å². The SMILES string of the molecule is C=C(/C=C(/F)C(=C)C(C)CCC(C)C(C)CCC(C)CC)C(C)CCC(C)C(C)CCC(C)C. The fourth-order valence-electron chi connectivity index (χ4n) is 4.50. The molecule has 0 aromatic heterocycles. The molecule has 7 atom stereocenters. The van der Waals surface area contributed by atoms with Gasteiger partial charge in [0.15, 0.2) is 0 Å². The lowest BCUT2D eigenvalue weighted by Crippen LogP contribution is -2.12. The summed E-state index contributed by atoms with van der Waals surface area (Å²) in [6, 6.07) is 0. The molecule has 0 bridgehead atoms. The second-order valence-corrected chi connectivity index (χ2v) is 12.5. The summed E-state index contributed by atoms with van der Waals surface area (Å²) in [5.74, 6) is 4.75. The maximum Gasteiger partial charge on any atom is 0.126 e. The van der Waals surface area contributed by atoms with Crippen LogP contribution in [0.15, 0.2) is 36.2 Å². The molecule has 0 radical (unpaired) electrons. The summed E-state index contributed by atoms with van der Waals surface area (Å²) < 4.78 is 15.0. The lowest BCUT2D eigenvalue weighted by Gasteiger charge is -2.23. The molecule has 0 spiro atoms. The second kappa shape index (κ2) is 17.6. The zero-order valence-corrected chi connectivity index (χ0v) is 24.9. The van der Waals surface area contributed by atoms with Crippen LogP contribution in [0.3, 0.4) is 0 Å². The van der Waals surface area contributed by atoms with Crippen molar-refractivity contribution in [1.29, 1.82) is 0 Å². The minimum Gasteiger partial charge on any atom is -0.207 e. The number of allylic oxidation sites excluding steroid dienone is 4. The Bertz CT molecular complexity index is 598. The van der Waals surface area contributed by atoms with Crippen LogP contribution in [0, 0.1) is 47.3 Å². The molecule has 0 N–H and O–H groups in total. The zero-order valence-electron chi connectivity index (χ0n) is 24.9. The Morgan fingerprint density at radius 3 is 1.47 bits per heavy atom. The minimum absolute atomic E-state index is 0.167. The molecule has 0 aliphatic carbocycles. The standard InChI is InChI=1S/C33H61F/c1-13-24(4)15-17-26(6)28(8)20-21-30(10)32(12)33(34)22-31(11)29(9)19-18-27(7)25(5)16-14-23(2)3/h22-30H,11-21H2,1-10H3/b33-22+. The van der Waals surface area contributed by atoms with Crippen LogP contribution < -0.4 is 0 Å². The van der Waals surface area contributed by atoms with Gasteiger partial charge in [-0.3, -0.25) is 0 Å². The van der Waals surface area contributed by atoms with Crippen LogP contribution in [0.5, 0.6) is 0 Å². The Labute approximate surface area is 215 Å². The zero-order chi connectivity index (χ0) is 26.4. The molecular weight excluding hydrogens is 415 g/mol. The number of rotatable bonds is 19. The van der Waals surface area contributed by atoms with Crippen molar-refractivity contribution in [2.45, 2.75) is 127 Å². The Morgan fingerprint density at radius 2 is 1.03 bits per heavy atom. The van der Waals surface area contributed by atoms with Crippen LogP contribution in [0.1, 0.15) is 127 Å². The highest BCUT2D eigenvalue weighted by Gasteiger charge is 2.19. The van der Waals surface area contributed by atoms with Crippen molar-refractivity contribution in [3.63, 3.8) is 0 Å². The first kappa shape index (κ1) is 33.1. The van der Waals surface area contributed by atoms with E-state index in [4.69, 9.17) is 0 Å². The molecule has 0 saturated heterocycles. The molecule has 1 heteroatoms. The van der Waals surface area contributed by atoms with Gasteiger partial charge in [-0.1, -0.05) is 114 Å². The lowest BCUT2D eigenvalue weighted by molar-refractivity contribution is 0.300. The molecule has 0 rings (SSSR count). The molecule has 0 nitrogen and oxygen atoms in total. The summed E-state index contributed by atoms with van der Waals surface area (Å²) in [5, 5.41) is 0. The van der Waals surface area contributed by atoms with E-state index in [1.165, 1.54) is 38.5 Å². The van der Waals surface area contributed by atoms with E-state index in [0.717, 1.165) is 48.5 Å². The topological polar surface area (TPSA) is 0 Å². The summed E-state index contributed by atoms with van der Waals surface area (Å²) >= 11 is 0. The maximum atomic E-state index is 15.0. The van der Waals surface area contributed by atoms with E-state index < -0.39 is 0 Å². The summed E-state index contributed by atoms with van der Waals surface area (Å²) in [6.07, 6.45) is 12.5. The Balaban J connectivity index is 4.56. The lowest BCUT2D eigenvalue weighted by atomic mass is 9.82. The third-order valence-corrected chi connectivity index (χ3v) is 8.91. The number of halogens is 1. The van der Waals surface area contributed by atoms with Crippen LogP contribution in [-0.4, -0.2) is 0 Å². The van der Waals surface area contributed by atoms with E-state index in [9.17, 15) is 4.39 Å². The third-order valence-electron chi connectivity index (χ3n) is 8.91. The van der Waals surface area contributed by atoms with Crippen molar-refractivity contribution in [3.8, 4) is 0 Å². The molecule has 7 unspecified atom stereocenters. The summed E-state index contributed by atoms with van der Waals surface area (Å²) in [6.45, 7) is 31.3. The smallest absolute Gasteiger partial charge is 0.126 e. The third kappa shape index (κ3) is 13.9.